The van der Waals surface area contributed by atoms with E-state index in [-0.39, 0.29) is 11.2 Å². The van der Waals surface area contributed by atoms with Crippen molar-refractivity contribution >= 4 is 18.5 Å². The molecule has 3 nitrogen and oxygen atoms in total. The van der Waals surface area contributed by atoms with Crippen molar-refractivity contribution in [2.24, 2.45) is 0 Å². The number of thiol groups is 1. The maximum Gasteiger partial charge on any atom is 0.235 e. The highest BCUT2D eigenvalue weighted by atomic mass is 32.1. The zero-order valence-electron chi connectivity index (χ0n) is 11.4. The maximum absolute atomic E-state index is 12.3. The van der Waals surface area contributed by atoms with E-state index in [1.165, 1.54) is 0 Å². The number of hydrogen-bond acceptors (Lipinski definition) is 3. The van der Waals surface area contributed by atoms with E-state index in [2.05, 4.69) is 17.6 Å². The molecule has 0 saturated carbocycles. The Morgan fingerprint density at radius 3 is 2.45 bits per heavy atom. The van der Waals surface area contributed by atoms with Gasteiger partial charge in [-0.15, -0.1) is 0 Å². The molecule has 0 aliphatic rings. The molecule has 20 heavy (non-hydrogen) atoms. The van der Waals surface area contributed by atoms with Gasteiger partial charge in [0, 0.05) is 26.0 Å². The van der Waals surface area contributed by atoms with Gasteiger partial charge in [-0.1, -0.05) is 30.3 Å². The Morgan fingerprint density at radius 1 is 1.15 bits per heavy atom. The average molecular weight is 286 g/mol. The molecule has 0 aliphatic carbocycles. The second-order valence-corrected chi connectivity index (χ2v) is 5.38. The fourth-order valence-electron chi connectivity index (χ4n) is 2.02. The normalized spacial score (nSPS) is 11.9. The molecule has 0 N–H and O–H groups in total. The number of hydrogen-bond donors (Lipinski definition) is 1. The van der Waals surface area contributed by atoms with Gasteiger partial charge in [-0.2, -0.15) is 12.6 Å². The van der Waals surface area contributed by atoms with Gasteiger partial charge in [-0.3, -0.25) is 9.78 Å². The van der Waals surface area contributed by atoms with Gasteiger partial charge in [0.2, 0.25) is 5.91 Å². The minimum absolute atomic E-state index is 0.0361. The quantitative estimate of drug-likeness (QED) is 0.857. The van der Waals surface area contributed by atoms with E-state index in [1.54, 1.807) is 24.3 Å². The standard InChI is InChI=1S/C16H18N2OS/c1-18(12-14-7-9-17-10-8-14)16(19)15(20)11-13-5-3-2-4-6-13/h2-10,15,20H,11-12H2,1H3. The molecule has 1 aromatic heterocycles. The van der Waals surface area contributed by atoms with Crippen molar-refractivity contribution in [3.8, 4) is 0 Å². The average Bonchev–Trinajstić information content (AvgIpc) is 2.48. The third-order valence-corrected chi connectivity index (χ3v) is 3.51. The third-order valence-electron chi connectivity index (χ3n) is 3.10. The van der Waals surface area contributed by atoms with E-state index in [9.17, 15) is 4.79 Å². The fourth-order valence-corrected chi connectivity index (χ4v) is 2.43. The SMILES string of the molecule is CN(Cc1ccncc1)C(=O)C(S)Cc1ccccc1. The van der Waals surface area contributed by atoms with Gasteiger partial charge in [0.25, 0.3) is 0 Å². The molecule has 0 radical (unpaired) electrons. The lowest BCUT2D eigenvalue weighted by molar-refractivity contribution is -0.129. The summed E-state index contributed by atoms with van der Waals surface area (Å²) in [6.45, 7) is 0.577. The highest BCUT2D eigenvalue weighted by Crippen LogP contribution is 2.11. The van der Waals surface area contributed by atoms with Crippen LogP contribution in [-0.2, 0) is 17.8 Å². The van der Waals surface area contributed by atoms with Gasteiger partial charge in [-0.05, 0) is 29.7 Å². The van der Waals surface area contributed by atoms with Crippen LogP contribution in [0.5, 0.6) is 0 Å². The van der Waals surface area contributed by atoms with E-state index in [0.29, 0.717) is 13.0 Å². The molecule has 1 aromatic carbocycles. The summed E-state index contributed by atoms with van der Waals surface area (Å²) in [5.41, 5.74) is 2.19. The summed E-state index contributed by atoms with van der Waals surface area (Å²) in [5.74, 6) is 0.0361. The van der Waals surface area contributed by atoms with Crippen molar-refractivity contribution in [1.29, 1.82) is 0 Å². The molecule has 0 aliphatic heterocycles. The van der Waals surface area contributed by atoms with Crippen LogP contribution in [0.3, 0.4) is 0 Å². The van der Waals surface area contributed by atoms with Gasteiger partial charge < -0.3 is 4.90 Å². The largest absolute Gasteiger partial charge is 0.340 e. The first-order chi connectivity index (χ1) is 9.66. The molecule has 1 amide bonds. The van der Waals surface area contributed by atoms with Crippen LogP contribution in [0.2, 0.25) is 0 Å². The predicted molar refractivity (Wildman–Crippen MR) is 83.6 cm³/mol. The van der Waals surface area contributed by atoms with Crippen LogP contribution in [0, 0.1) is 0 Å². The molecule has 0 fully saturated rings. The van der Waals surface area contributed by atoms with Crippen molar-refractivity contribution < 1.29 is 4.79 Å². The Bertz CT molecular complexity index is 495. The van der Waals surface area contributed by atoms with Crippen LogP contribution in [0.1, 0.15) is 11.1 Å². The number of benzene rings is 1. The first-order valence-electron chi connectivity index (χ1n) is 6.52. The van der Waals surface area contributed by atoms with Crippen LogP contribution < -0.4 is 0 Å². The number of nitrogens with zero attached hydrogens (tertiary/aromatic N) is 2. The monoisotopic (exact) mass is 286 g/mol. The number of pyridine rings is 1. The van der Waals surface area contributed by atoms with Crippen molar-refractivity contribution in [2.45, 2.75) is 18.2 Å². The molecule has 2 aromatic rings. The van der Waals surface area contributed by atoms with Crippen LogP contribution in [-0.4, -0.2) is 28.1 Å². The topological polar surface area (TPSA) is 33.2 Å². The summed E-state index contributed by atoms with van der Waals surface area (Å²) >= 11 is 4.44. The molecule has 0 bridgehead atoms. The summed E-state index contributed by atoms with van der Waals surface area (Å²) in [6, 6.07) is 13.8. The van der Waals surface area contributed by atoms with Crippen LogP contribution in [0.4, 0.5) is 0 Å². The lowest BCUT2D eigenvalue weighted by Crippen LogP contribution is -2.34. The van der Waals surface area contributed by atoms with E-state index in [1.807, 2.05) is 42.5 Å². The third kappa shape index (κ3) is 4.10. The van der Waals surface area contributed by atoms with Crippen molar-refractivity contribution in [2.75, 3.05) is 7.05 Å². The summed E-state index contributed by atoms with van der Waals surface area (Å²) in [4.78, 5) is 18.0. The van der Waals surface area contributed by atoms with Gasteiger partial charge in [0.05, 0.1) is 5.25 Å². The summed E-state index contributed by atoms with van der Waals surface area (Å²) in [6.07, 6.45) is 4.11. The Kier molecular flexibility index (Phi) is 5.18. The van der Waals surface area contributed by atoms with Gasteiger partial charge in [0.15, 0.2) is 0 Å². The first kappa shape index (κ1) is 14.6. The van der Waals surface area contributed by atoms with Crippen LogP contribution in [0.25, 0.3) is 0 Å². The molecule has 1 heterocycles. The molecule has 2 rings (SSSR count). The van der Waals surface area contributed by atoms with Gasteiger partial charge in [-0.25, -0.2) is 0 Å². The molecule has 104 valence electrons. The zero-order chi connectivity index (χ0) is 14.4. The molecule has 1 atom stereocenters. The van der Waals surface area contributed by atoms with Crippen molar-refractivity contribution in [1.82, 2.24) is 9.88 Å². The number of aromatic nitrogens is 1. The van der Waals surface area contributed by atoms with Crippen molar-refractivity contribution in [3.05, 3.63) is 66.0 Å². The Hall–Kier alpha value is -1.81. The number of amides is 1. The highest BCUT2D eigenvalue weighted by Gasteiger charge is 2.18. The smallest absolute Gasteiger partial charge is 0.235 e. The molecule has 4 heteroatoms. The number of carbonyl (C=O) groups excluding carboxylic acids is 1. The minimum Gasteiger partial charge on any atom is -0.340 e. The van der Waals surface area contributed by atoms with Gasteiger partial charge >= 0.3 is 0 Å². The lowest BCUT2D eigenvalue weighted by atomic mass is 10.1. The number of rotatable bonds is 5. The molecular weight excluding hydrogens is 268 g/mol. The molecule has 0 saturated heterocycles. The summed E-state index contributed by atoms with van der Waals surface area (Å²) < 4.78 is 0. The summed E-state index contributed by atoms with van der Waals surface area (Å²) in [5, 5.41) is -0.316. The fraction of sp³-hybridized carbons (Fsp3) is 0.250. The predicted octanol–water partition coefficient (Wildman–Crippen LogP) is 2.58. The maximum atomic E-state index is 12.3. The van der Waals surface area contributed by atoms with Crippen LogP contribution >= 0.6 is 12.6 Å². The van der Waals surface area contributed by atoms with Crippen molar-refractivity contribution in [3.63, 3.8) is 0 Å². The Morgan fingerprint density at radius 2 is 1.80 bits per heavy atom. The van der Waals surface area contributed by atoms with E-state index in [4.69, 9.17) is 0 Å². The Labute approximate surface area is 125 Å². The second kappa shape index (κ2) is 7.10. The minimum atomic E-state index is -0.316. The van der Waals surface area contributed by atoms with E-state index >= 15 is 0 Å². The second-order valence-electron chi connectivity index (χ2n) is 4.76. The van der Waals surface area contributed by atoms with E-state index < -0.39 is 0 Å². The summed E-state index contributed by atoms with van der Waals surface area (Å²) in [7, 11) is 1.80. The van der Waals surface area contributed by atoms with Gasteiger partial charge in [0.1, 0.15) is 0 Å². The lowest BCUT2D eigenvalue weighted by Gasteiger charge is -2.21. The molecule has 1 unspecified atom stereocenters. The number of carbonyl (C=O) groups is 1. The molecular formula is C16H18N2OS. The highest BCUT2D eigenvalue weighted by molar-refractivity contribution is 7.81. The van der Waals surface area contributed by atoms with E-state index in [0.717, 1.165) is 11.1 Å². The zero-order valence-corrected chi connectivity index (χ0v) is 12.3. The molecule has 0 spiro atoms. The first-order valence-corrected chi connectivity index (χ1v) is 7.04. The Balaban J connectivity index is 1.93. The van der Waals surface area contributed by atoms with Crippen LogP contribution in [0.15, 0.2) is 54.9 Å².